The second kappa shape index (κ2) is 6.48. The second-order valence-corrected chi connectivity index (χ2v) is 6.17. The van der Waals surface area contributed by atoms with Crippen LogP contribution in [0.5, 0.6) is 0 Å². The third kappa shape index (κ3) is 2.86. The zero-order chi connectivity index (χ0) is 18.1. The van der Waals surface area contributed by atoms with Crippen molar-refractivity contribution >= 4 is 16.8 Å². The predicted molar refractivity (Wildman–Crippen MR) is 98.7 cm³/mol. The van der Waals surface area contributed by atoms with Crippen molar-refractivity contribution in [2.24, 2.45) is 0 Å². The van der Waals surface area contributed by atoms with E-state index >= 15 is 0 Å². The Hall–Kier alpha value is -3.41. The van der Waals surface area contributed by atoms with Gasteiger partial charge in [-0.2, -0.15) is 4.98 Å². The van der Waals surface area contributed by atoms with Crippen LogP contribution >= 0.6 is 0 Å². The number of hydrogen-bond donors (Lipinski definition) is 2. The third-order valence-corrected chi connectivity index (χ3v) is 4.48. The second-order valence-electron chi connectivity index (χ2n) is 6.17. The molecule has 4 aromatic rings. The molecule has 0 fully saturated rings. The van der Waals surface area contributed by atoms with Crippen LogP contribution in [0.25, 0.3) is 22.4 Å². The number of amides is 1. The first-order chi connectivity index (χ1) is 12.6. The van der Waals surface area contributed by atoms with Gasteiger partial charge in [0.05, 0.1) is 17.6 Å². The topological polar surface area (TPSA) is 83.8 Å². The Kier molecular flexibility index (Phi) is 4.01. The molecule has 6 heteroatoms. The van der Waals surface area contributed by atoms with Crippen molar-refractivity contribution in [3.05, 3.63) is 71.2 Å². The first kappa shape index (κ1) is 16.1. The molecule has 4 rings (SSSR count). The molecule has 0 spiro atoms. The summed E-state index contributed by atoms with van der Waals surface area (Å²) in [5.41, 5.74) is 4.51. The van der Waals surface area contributed by atoms with E-state index < -0.39 is 0 Å². The van der Waals surface area contributed by atoms with Crippen LogP contribution in [0, 0.1) is 13.8 Å². The van der Waals surface area contributed by atoms with Crippen LogP contribution in [0.1, 0.15) is 27.4 Å². The number of nitrogens with one attached hydrogen (secondary N) is 2. The number of hydrogen-bond acceptors (Lipinski definition) is 4. The van der Waals surface area contributed by atoms with Gasteiger partial charge < -0.3 is 14.8 Å². The van der Waals surface area contributed by atoms with Crippen LogP contribution in [-0.4, -0.2) is 21.0 Å². The van der Waals surface area contributed by atoms with Gasteiger partial charge in [0.1, 0.15) is 0 Å². The molecule has 0 saturated heterocycles. The predicted octanol–water partition coefficient (Wildman–Crippen LogP) is 3.76. The van der Waals surface area contributed by atoms with E-state index in [1.54, 1.807) is 6.07 Å². The highest BCUT2D eigenvalue weighted by molar-refractivity contribution is 6.06. The number of benzene rings is 2. The van der Waals surface area contributed by atoms with Gasteiger partial charge in [-0.3, -0.25) is 4.79 Å². The lowest BCUT2D eigenvalue weighted by molar-refractivity contribution is 0.0951. The largest absolute Gasteiger partial charge is 0.358 e. The summed E-state index contributed by atoms with van der Waals surface area (Å²) in [6.45, 7) is 4.24. The molecular formula is C20H18N4O2. The molecule has 0 bridgehead atoms. The smallest absolute Gasteiger partial charge is 0.257 e. The van der Waals surface area contributed by atoms with Crippen molar-refractivity contribution in [3.63, 3.8) is 0 Å². The van der Waals surface area contributed by atoms with Gasteiger partial charge in [0.2, 0.25) is 0 Å². The summed E-state index contributed by atoms with van der Waals surface area (Å²) >= 11 is 0. The number of carbonyl (C=O) groups excluding carboxylic acids is 1. The molecule has 0 saturated carbocycles. The molecule has 26 heavy (non-hydrogen) atoms. The summed E-state index contributed by atoms with van der Waals surface area (Å²) in [6, 6.07) is 15.2. The summed E-state index contributed by atoms with van der Waals surface area (Å²) in [5.74, 6) is 0.693. The zero-order valence-electron chi connectivity index (χ0n) is 14.5. The van der Waals surface area contributed by atoms with Gasteiger partial charge >= 0.3 is 0 Å². The lowest BCUT2D eigenvalue weighted by Gasteiger charge is -2.04. The summed E-state index contributed by atoms with van der Waals surface area (Å²) in [5, 5.41) is 7.84. The third-order valence-electron chi connectivity index (χ3n) is 4.48. The van der Waals surface area contributed by atoms with Crippen molar-refractivity contribution in [2.45, 2.75) is 20.4 Å². The number of H-pyrrole nitrogens is 1. The normalized spacial score (nSPS) is 11.0. The fourth-order valence-electron chi connectivity index (χ4n) is 2.95. The number of rotatable bonds is 4. The quantitative estimate of drug-likeness (QED) is 0.589. The Morgan fingerprint density at radius 1 is 1.12 bits per heavy atom. The van der Waals surface area contributed by atoms with Gasteiger partial charge in [0.25, 0.3) is 11.8 Å². The Morgan fingerprint density at radius 2 is 1.92 bits per heavy atom. The van der Waals surface area contributed by atoms with Gasteiger partial charge in [0.15, 0.2) is 5.82 Å². The summed E-state index contributed by atoms with van der Waals surface area (Å²) in [6.07, 6.45) is 0. The maximum absolute atomic E-state index is 12.6. The van der Waals surface area contributed by atoms with Crippen LogP contribution < -0.4 is 5.32 Å². The molecule has 2 aromatic carbocycles. The molecule has 2 N–H and O–H groups in total. The van der Waals surface area contributed by atoms with E-state index in [4.69, 9.17) is 4.52 Å². The highest BCUT2D eigenvalue weighted by atomic mass is 16.5. The molecule has 0 unspecified atom stereocenters. The molecule has 2 heterocycles. The van der Waals surface area contributed by atoms with Gasteiger partial charge in [-0.05, 0) is 37.6 Å². The van der Waals surface area contributed by atoms with Crippen molar-refractivity contribution in [1.29, 1.82) is 0 Å². The summed E-state index contributed by atoms with van der Waals surface area (Å²) in [4.78, 5) is 20.2. The molecule has 2 aromatic heterocycles. The lowest BCUT2D eigenvalue weighted by Crippen LogP contribution is -2.23. The minimum Gasteiger partial charge on any atom is -0.358 e. The molecule has 0 atom stereocenters. The maximum Gasteiger partial charge on any atom is 0.257 e. The number of para-hydroxylation sites is 1. The maximum atomic E-state index is 12.6. The van der Waals surface area contributed by atoms with Crippen molar-refractivity contribution in [2.75, 3.05) is 0 Å². The fourth-order valence-corrected chi connectivity index (χ4v) is 2.95. The summed E-state index contributed by atoms with van der Waals surface area (Å²) in [7, 11) is 0. The van der Waals surface area contributed by atoms with E-state index in [0.717, 1.165) is 27.7 Å². The van der Waals surface area contributed by atoms with Crippen molar-refractivity contribution in [3.8, 4) is 11.5 Å². The van der Waals surface area contributed by atoms with Crippen LogP contribution in [0.2, 0.25) is 0 Å². The SMILES string of the molecule is Cc1[nH]c2c(C(=O)NCc3noc(-c4ccccc4)n3)cccc2c1C. The molecule has 6 nitrogen and oxygen atoms in total. The first-order valence-electron chi connectivity index (χ1n) is 8.37. The van der Waals surface area contributed by atoms with Gasteiger partial charge in [-0.25, -0.2) is 0 Å². The molecule has 0 aliphatic carbocycles. The molecule has 0 radical (unpaired) electrons. The Balaban J connectivity index is 1.52. The van der Waals surface area contributed by atoms with Crippen LogP contribution in [-0.2, 0) is 6.54 Å². The molecular weight excluding hydrogens is 328 g/mol. The standard InChI is InChI=1S/C20H18N4O2/c1-12-13(2)22-18-15(12)9-6-10-16(18)19(25)21-11-17-23-20(26-24-17)14-7-4-3-5-8-14/h3-10,22H,11H2,1-2H3,(H,21,25). The van der Waals surface area contributed by atoms with Crippen LogP contribution in [0.15, 0.2) is 53.1 Å². The van der Waals surface area contributed by atoms with E-state index in [2.05, 4.69) is 20.4 Å². The number of aromatic amines is 1. The van der Waals surface area contributed by atoms with Gasteiger partial charge in [0, 0.05) is 16.6 Å². The van der Waals surface area contributed by atoms with Crippen LogP contribution in [0.3, 0.4) is 0 Å². The molecule has 1 amide bonds. The molecule has 0 aliphatic rings. The fraction of sp³-hybridized carbons (Fsp3) is 0.150. The van der Waals surface area contributed by atoms with E-state index in [1.807, 2.05) is 56.3 Å². The minimum atomic E-state index is -0.178. The van der Waals surface area contributed by atoms with Crippen molar-refractivity contribution < 1.29 is 9.32 Å². The number of nitrogens with zero attached hydrogens (tertiary/aromatic N) is 2. The Morgan fingerprint density at radius 3 is 2.73 bits per heavy atom. The first-order valence-corrected chi connectivity index (χ1v) is 8.37. The monoisotopic (exact) mass is 346 g/mol. The Bertz CT molecular complexity index is 1080. The lowest BCUT2D eigenvalue weighted by atomic mass is 10.1. The van der Waals surface area contributed by atoms with Crippen LogP contribution in [0.4, 0.5) is 0 Å². The number of aryl methyl sites for hydroxylation is 2. The number of carbonyl (C=O) groups is 1. The molecule has 130 valence electrons. The molecule has 0 aliphatic heterocycles. The Labute approximate surface area is 150 Å². The van der Waals surface area contributed by atoms with E-state index in [9.17, 15) is 4.79 Å². The van der Waals surface area contributed by atoms with E-state index in [-0.39, 0.29) is 12.5 Å². The number of aromatic nitrogens is 3. The van der Waals surface area contributed by atoms with E-state index in [1.165, 1.54) is 0 Å². The zero-order valence-corrected chi connectivity index (χ0v) is 14.5. The highest BCUT2D eigenvalue weighted by Crippen LogP contribution is 2.24. The average Bonchev–Trinajstić information content (AvgIpc) is 3.26. The number of fused-ring (bicyclic) bond motifs is 1. The average molecular weight is 346 g/mol. The summed E-state index contributed by atoms with van der Waals surface area (Å²) < 4.78 is 5.26. The van der Waals surface area contributed by atoms with Gasteiger partial charge in [-0.15, -0.1) is 0 Å². The minimum absolute atomic E-state index is 0.178. The van der Waals surface area contributed by atoms with E-state index in [0.29, 0.717) is 17.3 Å². The van der Waals surface area contributed by atoms with Crippen molar-refractivity contribution in [1.82, 2.24) is 20.4 Å². The highest BCUT2D eigenvalue weighted by Gasteiger charge is 2.15. The van der Waals surface area contributed by atoms with Gasteiger partial charge in [-0.1, -0.05) is 35.5 Å².